The van der Waals surface area contributed by atoms with Crippen LogP contribution in [0.15, 0.2) is 23.7 Å². The van der Waals surface area contributed by atoms with Gasteiger partial charge in [0.05, 0.1) is 0 Å². The first-order valence-corrected chi connectivity index (χ1v) is 5.24. The molecule has 0 N–H and O–H groups in total. The van der Waals surface area contributed by atoms with Gasteiger partial charge < -0.3 is 0 Å². The van der Waals surface area contributed by atoms with E-state index in [0.717, 1.165) is 5.92 Å². The van der Waals surface area contributed by atoms with Crippen LogP contribution in [0.1, 0.15) is 33.1 Å². The summed E-state index contributed by atoms with van der Waals surface area (Å²) in [5.74, 6) is 0.829. The molecule has 0 aromatic carbocycles. The fourth-order valence-electron chi connectivity index (χ4n) is 1.77. The lowest BCUT2D eigenvalue weighted by atomic mass is 9.65. The third-order valence-corrected chi connectivity index (χ3v) is 2.46. The van der Waals surface area contributed by atoms with Crippen molar-refractivity contribution in [3.8, 4) is 0 Å². The van der Waals surface area contributed by atoms with E-state index in [-0.39, 0.29) is 0 Å². The van der Waals surface area contributed by atoms with Gasteiger partial charge in [-0.1, -0.05) is 50.3 Å². The molecule has 1 unspecified atom stereocenters. The summed E-state index contributed by atoms with van der Waals surface area (Å²) in [4.78, 5) is 0. The van der Waals surface area contributed by atoms with Crippen molar-refractivity contribution in [2.45, 2.75) is 39.4 Å². The van der Waals surface area contributed by atoms with Gasteiger partial charge in [-0.25, -0.2) is 0 Å². The molecule has 1 atom stereocenters. The highest BCUT2D eigenvalue weighted by Crippen LogP contribution is 2.20. The van der Waals surface area contributed by atoms with Crippen LogP contribution in [0.4, 0.5) is 0 Å². The number of allylic oxidation sites excluding steroid dienone is 4. The highest BCUT2D eigenvalue weighted by atomic mass is 14.1. The van der Waals surface area contributed by atoms with Gasteiger partial charge in [0.25, 0.3) is 0 Å². The smallest absolute Gasteiger partial charge is 0.0899 e. The van der Waals surface area contributed by atoms with E-state index in [0.29, 0.717) is 0 Å². The van der Waals surface area contributed by atoms with Gasteiger partial charge in [0.2, 0.25) is 0 Å². The van der Waals surface area contributed by atoms with Crippen molar-refractivity contribution in [2.24, 2.45) is 5.92 Å². The average Bonchev–Trinajstić information content (AvgIpc) is 2.09. The molecule has 0 bridgehead atoms. The van der Waals surface area contributed by atoms with E-state index in [4.69, 9.17) is 0 Å². The maximum Gasteiger partial charge on any atom is 0.157 e. The molecule has 0 aromatic heterocycles. The Hall–Kier alpha value is -0.455. The van der Waals surface area contributed by atoms with Crippen molar-refractivity contribution in [2.75, 3.05) is 0 Å². The van der Waals surface area contributed by atoms with Crippen molar-refractivity contribution in [1.82, 2.24) is 0 Å². The molecule has 0 aromatic rings. The molecule has 0 amide bonds. The van der Waals surface area contributed by atoms with E-state index in [1.165, 1.54) is 32.9 Å². The first-order chi connectivity index (χ1) is 5.86. The Bertz CT molecular complexity index is 179. The van der Waals surface area contributed by atoms with Crippen LogP contribution in [0, 0.1) is 5.92 Å². The lowest BCUT2D eigenvalue weighted by Gasteiger charge is -2.14. The molecule has 66 valence electrons. The molecule has 1 rings (SSSR count). The van der Waals surface area contributed by atoms with Gasteiger partial charge in [0.1, 0.15) is 0 Å². The highest BCUT2D eigenvalue weighted by Gasteiger charge is 2.06. The van der Waals surface area contributed by atoms with Gasteiger partial charge in [-0.15, -0.1) is 0 Å². The SMILES string of the molecule is CCBC1=CCC(CCC)C=C1. The molecule has 0 saturated carbocycles. The van der Waals surface area contributed by atoms with Gasteiger partial charge in [-0.05, 0) is 18.8 Å². The zero-order valence-corrected chi connectivity index (χ0v) is 8.34. The Morgan fingerprint density at radius 1 is 1.50 bits per heavy atom. The van der Waals surface area contributed by atoms with E-state index < -0.39 is 0 Å². The van der Waals surface area contributed by atoms with Crippen LogP contribution in [-0.2, 0) is 0 Å². The lowest BCUT2D eigenvalue weighted by Crippen LogP contribution is -2.02. The van der Waals surface area contributed by atoms with Gasteiger partial charge in [-0.3, -0.25) is 0 Å². The van der Waals surface area contributed by atoms with Gasteiger partial charge in [-0.2, -0.15) is 0 Å². The predicted octanol–water partition coefficient (Wildman–Crippen LogP) is 3.12. The summed E-state index contributed by atoms with van der Waals surface area (Å²) in [6.45, 7) is 4.51. The van der Waals surface area contributed by atoms with E-state index in [1.54, 1.807) is 5.47 Å². The number of rotatable bonds is 4. The van der Waals surface area contributed by atoms with Crippen LogP contribution in [0.2, 0.25) is 6.32 Å². The van der Waals surface area contributed by atoms with Crippen LogP contribution >= 0.6 is 0 Å². The first-order valence-electron chi connectivity index (χ1n) is 5.24. The Morgan fingerprint density at radius 2 is 2.33 bits per heavy atom. The fraction of sp³-hybridized carbons (Fsp3) is 0.636. The molecule has 0 nitrogen and oxygen atoms in total. The summed E-state index contributed by atoms with van der Waals surface area (Å²) in [6, 6.07) is 0. The summed E-state index contributed by atoms with van der Waals surface area (Å²) in [5, 5.41) is 0. The molecule has 1 aliphatic carbocycles. The standard InChI is InChI=1S/C11H19B/c1-3-5-10-6-8-11(9-7-10)12-4-2/h6,8-10,12H,3-5,7H2,1-2H3. The third-order valence-electron chi connectivity index (χ3n) is 2.46. The Balaban J connectivity index is 2.33. The summed E-state index contributed by atoms with van der Waals surface area (Å²) >= 11 is 0. The third kappa shape index (κ3) is 2.88. The van der Waals surface area contributed by atoms with Crippen molar-refractivity contribution in [3.05, 3.63) is 23.7 Å². The Kier molecular flexibility index (Phi) is 4.20. The van der Waals surface area contributed by atoms with E-state index in [1.807, 2.05) is 0 Å². The second kappa shape index (κ2) is 5.24. The number of hydrogen-bond donors (Lipinski definition) is 0. The maximum atomic E-state index is 2.42. The molecule has 0 fully saturated rings. The summed E-state index contributed by atoms with van der Waals surface area (Å²) < 4.78 is 0. The van der Waals surface area contributed by atoms with Crippen LogP contribution in [-0.4, -0.2) is 7.28 Å². The second-order valence-electron chi connectivity index (χ2n) is 3.67. The van der Waals surface area contributed by atoms with E-state index >= 15 is 0 Å². The van der Waals surface area contributed by atoms with Crippen molar-refractivity contribution < 1.29 is 0 Å². The molecule has 0 aliphatic heterocycles. The Morgan fingerprint density at radius 3 is 2.83 bits per heavy atom. The van der Waals surface area contributed by atoms with Crippen molar-refractivity contribution in [1.29, 1.82) is 0 Å². The minimum Gasteiger partial charge on any atom is -0.0899 e. The average molecular weight is 162 g/mol. The Labute approximate surface area is 77.0 Å². The first kappa shape index (κ1) is 9.63. The summed E-state index contributed by atoms with van der Waals surface area (Å²) in [5.41, 5.74) is 1.55. The van der Waals surface area contributed by atoms with E-state index in [2.05, 4.69) is 32.1 Å². The van der Waals surface area contributed by atoms with Crippen LogP contribution < -0.4 is 0 Å². The number of hydrogen-bond acceptors (Lipinski definition) is 0. The molecule has 0 heterocycles. The summed E-state index contributed by atoms with van der Waals surface area (Å²) in [7, 11) is 1.26. The summed E-state index contributed by atoms with van der Waals surface area (Å²) in [6.07, 6.45) is 12.4. The zero-order valence-electron chi connectivity index (χ0n) is 8.34. The molecule has 1 heteroatoms. The quantitative estimate of drug-likeness (QED) is 0.557. The maximum absolute atomic E-state index is 2.42. The monoisotopic (exact) mass is 162 g/mol. The molecule has 0 radical (unpaired) electrons. The molecule has 0 saturated heterocycles. The minimum atomic E-state index is 0.829. The van der Waals surface area contributed by atoms with Crippen molar-refractivity contribution in [3.63, 3.8) is 0 Å². The molecule has 0 spiro atoms. The highest BCUT2D eigenvalue weighted by molar-refractivity contribution is 6.46. The normalized spacial score (nSPS) is 22.2. The van der Waals surface area contributed by atoms with Crippen molar-refractivity contribution >= 4 is 7.28 Å². The van der Waals surface area contributed by atoms with Gasteiger partial charge >= 0.3 is 0 Å². The zero-order chi connectivity index (χ0) is 8.81. The van der Waals surface area contributed by atoms with E-state index in [9.17, 15) is 0 Å². The fourth-order valence-corrected chi connectivity index (χ4v) is 1.77. The van der Waals surface area contributed by atoms with Crippen LogP contribution in [0.5, 0.6) is 0 Å². The van der Waals surface area contributed by atoms with Crippen LogP contribution in [0.3, 0.4) is 0 Å². The minimum absolute atomic E-state index is 0.829. The second-order valence-corrected chi connectivity index (χ2v) is 3.67. The topological polar surface area (TPSA) is 0 Å². The molecule has 1 aliphatic rings. The van der Waals surface area contributed by atoms with Gasteiger partial charge in [0.15, 0.2) is 7.28 Å². The molecule has 12 heavy (non-hydrogen) atoms. The lowest BCUT2D eigenvalue weighted by molar-refractivity contribution is 0.583. The largest absolute Gasteiger partial charge is 0.157 e. The van der Waals surface area contributed by atoms with Crippen LogP contribution in [0.25, 0.3) is 0 Å². The van der Waals surface area contributed by atoms with Gasteiger partial charge in [0, 0.05) is 0 Å². The predicted molar refractivity (Wildman–Crippen MR) is 57.9 cm³/mol. The molecular formula is C11H19B. The molecular weight excluding hydrogens is 143 g/mol.